The van der Waals surface area contributed by atoms with Crippen LogP contribution in [-0.2, 0) is 5.60 Å². The summed E-state index contributed by atoms with van der Waals surface area (Å²) < 4.78 is 11.8. The van der Waals surface area contributed by atoms with Crippen LogP contribution in [0.3, 0.4) is 0 Å². The number of hydrogen-bond donors (Lipinski definition) is 1. The van der Waals surface area contributed by atoms with E-state index in [0.717, 1.165) is 4.47 Å². The summed E-state index contributed by atoms with van der Waals surface area (Å²) in [7, 11) is 1.56. The standard InChI is InChI=1S/C14H12BrNO3/c1-14(17)10-5-8(15)3-4-12(10)19-13-11(14)6-9(18-2)7-16-13/h3-7,17H,1-2H3. The number of ether oxygens (including phenoxy) is 2. The highest BCUT2D eigenvalue weighted by Crippen LogP contribution is 2.47. The maximum atomic E-state index is 10.8. The molecule has 98 valence electrons. The second kappa shape index (κ2) is 4.21. The summed E-state index contributed by atoms with van der Waals surface area (Å²) in [5.74, 6) is 1.60. The van der Waals surface area contributed by atoms with Crippen molar-refractivity contribution < 1.29 is 14.6 Å². The molecule has 1 aliphatic heterocycles. The second-order valence-electron chi connectivity index (χ2n) is 4.54. The predicted octanol–water partition coefficient (Wildman–Crippen LogP) is 3.21. The molecule has 2 aromatic rings. The van der Waals surface area contributed by atoms with Crippen LogP contribution in [0.2, 0.25) is 0 Å². The van der Waals surface area contributed by atoms with Crippen molar-refractivity contribution in [2.75, 3.05) is 7.11 Å². The van der Waals surface area contributed by atoms with Crippen molar-refractivity contribution in [3.8, 4) is 17.4 Å². The van der Waals surface area contributed by atoms with Gasteiger partial charge in [-0.2, -0.15) is 0 Å². The molecule has 0 fully saturated rings. The number of fused-ring (bicyclic) bond motifs is 2. The maximum absolute atomic E-state index is 10.8. The third-order valence-electron chi connectivity index (χ3n) is 3.26. The van der Waals surface area contributed by atoms with E-state index >= 15 is 0 Å². The van der Waals surface area contributed by atoms with Gasteiger partial charge in [-0.05, 0) is 31.2 Å². The van der Waals surface area contributed by atoms with Crippen LogP contribution in [0.25, 0.3) is 0 Å². The first-order chi connectivity index (χ1) is 9.02. The Bertz CT molecular complexity index is 655. The molecule has 1 aromatic heterocycles. The molecule has 5 heteroatoms. The Labute approximate surface area is 119 Å². The van der Waals surface area contributed by atoms with Crippen molar-refractivity contribution in [2.45, 2.75) is 12.5 Å². The average Bonchev–Trinajstić information content (AvgIpc) is 2.40. The van der Waals surface area contributed by atoms with E-state index in [4.69, 9.17) is 9.47 Å². The Morgan fingerprint density at radius 3 is 2.84 bits per heavy atom. The van der Waals surface area contributed by atoms with Crippen LogP contribution in [0.5, 0.6) is 17.4 Å². The molecular formula is C14H12BrNO3. The van der Waals surface area contributed by atoms with Crippen molar-refractivity contribution in [1.29, 1.82) is 0 Å². The van der Waals surface area contributed by atoms with Crippen LogP contribution in [0, 0.1) is 0 Å². The lowest BCUT2D eigenvalue weighted by Gasteiger charge is -2.32. The molecule has 3 rings (SSSR count). The molecule has 4 nitrogen and oxygen atoms in total. The Kier molecular flexibility index (Phi) is 2.76. The Balaban J connectivity index is 2.22. The van der Waals surface area contributed by atoms with Crippen molar-refractivity contribution in [2.24, 2.45) is 0 Å². The molecule has 1 atom stereocenters. The van der Waals surface area contributed by atoms with E-state index in [1.807, 2.05) is 18.2 Å². The van der Waals surface area contributed by atoms with Gasteiger partial charge in [-0.15, -0.1) is 0 Å². The van der Waals surface area contributed by atoms with Crippen LogP contribution in [-0.4, -0.2) is 17.2 Å². The molecular weight excluding hydrogens is 310 g/mol. The molecule has 1 unspecified atom stereocenters. The van der Waals surface area contributed by atoms with Gasteiger partial charge in [0.1, 0.15) is 17.1 Å². The minimum atomic E-state index is -1.17. The highest BCUT2D eigenvalue weighted by molar-refractivity contribution is 9.10. The lowest BCUT2D eigenvalue weighted by atomic mass is 9.86. The monoisotopic (exact) mass is 321 g/mol. The Hall–Kier alpha value is -1.59. The number of benzene rings is 1. The largest absolute Gasteiger partial charge is 0.495 e. The smallest absolute Gasteiger partial charge is 0.225 e. The summed E-state index contributed by atoms with van der Waals surface area (Å²) in [6.07, 6.45) is 1.57. The molecule has 19 heavy (non-hydrogen) atoms. The first-order valence-corrected chi connectivity index (χ1v) is 6.56. The molecule has 0 aliphatic carbocycles. The summed E-state index contributed by atoms with van der Waals surface area (Å²) in [5.41, 5.74) is 0.121. The van der Waals surface area contributed by atoms with Crippen molar-refractivity contribution >= 4 is 15.9 Å². The van der Waals surface area contributed by atoms with Crippen molar-refractivity contribution in [3.63, 3.8) is 0 Å². The SMILES string of the molecule is COc1cnc2c(c1)C(C)(O)c1cc(Br)ccc1O2. The van der Waals surface area contributed by atoms with Gasteiger partial charge in [0.15, 0.2) is 0 Å². The van der Waals surface area contributed by atoms with E-state index in [-0.39, 0.29) is 0 Å². The highest BCUT2D eigenvalue weighted by atomic mass is 79.9. The number of pyridine rings is 1. The van der Waals surface area contributed by atoms with Crippen molar-refractivity contribution in [3.05, 3.63) is 46.1 Å². The van der Waals surface area contributed by atoms with Crippen LogP contribution in [0.4, 0.5) is 0 Å². The van der Waals surface area contributed by atoms with E-state index < -0.39 is 5.60 Å². The Morgan fingerprint density at radius 1 is 1.32 bits per heavy atom. The molecule has 1 N–H and O–H groups in total. The summed E-state index contributed by atoms with van der Waals surface area (Å²) in [4.78, 5) is 4.19. The van der Waals surface area contributed by atoms with Gasteiger partial charge in [0.2, 0.25) is 5.88 Å². The number of aliphatic hydroxyl groups is 1. The van der Waals surface area contributed by atoms with E-state index in [1.54, 1.807) is 26.3 Å². The van der Waals surface area contributed by atoms with Crippen molar-refractivity contribution in [1.82, 2.24) is 4.98 Å². The van der Waals surface area contributed by atoms with E-state index in [9.17, 15) is 5.11 Å². The molecule has 2 heterocycles. The number of aromatic nitrogens is 1. The lowest BCUT2D eigenvalue weighted by Crippen LogP contribution is -2.28. The number of hydrogen-bond acceptors (Lipinski definition) is 4. The topological polar surface area (TPSA) is 51.6 Å². The molecule has 0 saturated heterocycles. The zero-order valence-corrected chi connectivity index (χ0v) is 12.1. The fourth-order valence-corrected chi connectivity index (χ4v) is 2.56. The molecule has 0 amide bonds. The van der Waals surface area contributed by atoms with E-state index in [0.29, 0.717) is 28.5 Å². The van der Waals surface area contributed by atoms with Gasteiger partial charge in [0.25, 0.3) is 0 Å². The molecule has 1 aliphatic rings. The Morgan fingerprint density at radius 2 is 2.11 bits per heavy atom. The van der Waals surface area contributed by atoms with E-state index in [2.05, 4.69) is 20.9 Å². The molecule has 0 bridgehead atoms. The van der Waals surface area contributed by atoms with Gasteiger partial charge in [0.05, 0.1) is 18.9 Å². The van der Waals surface area contributed by atoms with Gasteiger partial charge in [0, 0.05) is 10.0 Å². The highest BCUT2D eigenvalue weighted by Gasteiger charge is 2.37. The average molecular weight is 322 g/mol. The minimum Gasteiger partial charge on any atom is -0.495 e. The number of rotatable bonds is 1. The van der Waals surface area contributed by atoms with Gasteiger partial charge in [-0.3, -0.25) is 0 Å². The van der Waals surface area contributed by atoms with E-state index in [1.165, 1.54) is 0 Å². The third kappa shape index (κ3) is 1.89. The molecule has 1 aromatic carbocycles. The normalized spacial score (nSPS) is 20.2. The minimum absolute atomic E-state index is 0.403. The molecule has 0 spiro atoms. The molecule has 0 radical (unpaired) electrons. The van der Waals surface area contributed by atoms with Gasteiger partial charge < -0.3 is 14.6 Å². The van der Waals surface area contributed by atoms with Gasteiger partial charge >= 0.3 is 0 Å². The summed E-state index contributed by atoms with van der Waals surface area (Å²) in [6.45, 7) is 1.72. The summed E-state index contributed by atoms with van der Waals surface area (Å²) in [5, 5.41) is 10.8. The first-order valence-electron chi connectivity index (χ1n) is 5.77. The first kappa shape index (κ1) is 12.4. The predicted molar refractivity (Wildman–Crippen MR) is 73.7 cm³/mol. The zero-order chi connectivity index (χ0) is 13.6. The zero-order valence-electron chi connectivity index (χ0n) is 10.5. The quantitative estimate of drug-likeness (QED) is 0.876. The lowest BCUT2D eigenvalue weighted by molar-refractivity contribution is 0.0884. The maximum Gasteiger partial charge on any atom is 0.225 e. The summed E-state index contributed by atoms with van der Waals surface area (Å²) >= 11 is 3.40. The van der Waals surface area contributed by atoms with Crippen LogP contribution >= 0.6 is 15.9 Å². The third-order valence-corrected chi connectivity index (χ3v) is 3.75. The number of halogens is 1. The van der Waals surface area contributed by atoms with Gasteiger partial charge in [-0.25, -0.2) is 4.98 Å². The number of methoxy groups -OCH3 is 1. The number of nitrogens with zero attached hydrogens (tertiary/aromatic N) is 1. The molecule has 0 saturated carbocycles. The fraction of sp³-hybridized carbons (Fsp3) is 0.214. The summed E-state index contributed by atoms with van der Waals surface area (Å²) in [6, 6.07) is 7.26. The fourth-order valence-electron chi connectivity index (χ4n) is 2.20. The van der Waals surface area contributed by atoms with Crippen LogP contribution < -0.4 is 9.47 Å². The second-order valence-corrected chi connectivity index (χ2v) is 5.46. The van der Waals surface area contributed by atoms with Crippen LogP contribution in [0.15, 0.2) is 34.9 Å². The van der Waals surface area contributed by atoms with Crippen LogP contribution in [0.1, 0.15) is 18.1 Å². The van der Waals surface area contributed by atoms with Gasteiger partial charge in [-0.1, -0.05) is 15.9 Å².